The fourth-order valence-corrected chi connectivity index (χ4v) is 2.29. The second kappa shape index (κ2) is 6.73. The minimum Gasteiger partial charge on any atom is -0.333 e. The van der Waals surface area contributed by atoms with Gasteiger partial charge in [0, 0.05) is 30.4 Å². The van der Waals surface area contributed by atoms with Crippen molar-refractivity contribution in [3.8, 4) is 0 Å². The number of nitrogens with one attached hydrogen (secondary N) is 1. The van der Waals surface area contributed by atoms with Gasteiger partial charge in [-0.15, -0.1) is 0 Å². The molecule has 0 saturated carbocycles. The van der Waals surface area contributed by atoms with Crippen molar-refractivity contribution >= 4 is 11.6 Å². The molecular weight excluding hydrogens is 258 g/mol. The summed E-state index contributed by atoms with van der Waals surface area (Å²) in [4.78, 5) is 4.21. The van der Waals surface area contributed by atoms with E-state index in [9.17, 15) is 0 Å². The molecule has 4 heteroatoms. The van der Waals surface area contributed by atoms with Gasteiger partial charge in [0.05, 0.1) is 12.0 Å². The molecule has 2 rings (SSSR count). The van der Waals surface area contributed by atoms with Crippen LogP contribution in [0.25, 0.3) is 0 Å². The van der Waals surface area contributed by atoms with E-state index in [-0.39, 0.29) is 6.04 Å². The molecule has 0 bridgehead atoms. The molecule has 0 aliphatic carbocycles. The predicted molar refractivity (Wildman–Crippen MR) is 79.2 cm³/mol. The van der Waals surface area contributed by atoms with E-state index in [1.54, 1.807) is 0 Å². The van der Waals surface area contributed by atoms with Crippen molar-refractivity contribution < 1.29 is 0 Å². The Balaban J connectivity index is 1.96. The number of hydrogen-bond acceptors (Lipinski definition) is 2. The van der Waals surface area contributed by atoms with Crippen LogP contribution in [0, 0.1) is 0 Å². The number of benzene rings is 1. The molecule has 0 unspecified atom stereocenters. The zero-order valence-corrected chi connectivity index (χ0v) is 12.2. The SMILES string of the molecule is CCCn1cncc1CN[C@H](C)c1cccc(Cl)c1. The maximum absolute atomic E-state index is 6.01. The van der Waals surface area contributed by atoms with Gasteiger partial charge in [-0.1, -0.05) is 30.7 Å². The van der Waals surface area contributed by atoms with Crippen molar-refractivity contribution in [3.63, 3.8) is 0 Å². The molecule has 0 fully saturated rings. The number of imidazole rings is 1. The standard InChI is InChI=1S/C15H20ClN3/c1-3-7-19-11-17-9-15(19)10-18-12(2)13-5-4-6-14(16)8-13/h4-6,8-9,11-12,18H,3,7,10H2,1-2H3/t12-/m1/s1. The summed E-state index contributed by atoms with van der Waals surface area (Å²) in [5.74, 6) is 0. The third-order valence-electron chi connectivity index (χ3n) is 3.20. The van der Waals surface area contributed by atoms with E-state index in [4.69, 9.17) is 11.6 Å². The van der Waals surface area contributed by atoms with Crippen LogP contribution in [0.1, 0.15) is 37.6 Å². The van der Waals surface area contributed by atoms with E-state index in [2.05, 4.69) is 34.8 Å². The fraction of sp³-hybridized carbons (Fsp3) is 0.400. The first-order valence-electron chi connectivity index (χ1n) is 6.68. The van der Waals surface area contributed by atoms with Gasteiger partial charge >= 0.3 is 0 Å². The van der Waals surface area contributed by atoms with Crippen LogP contribution in [0.15, 0.2) is 36.8 Å². The highest BCUT2D eigenvalue weighted by molar-refractivity contribution is 6.30. The van der Waals surface area contributed by atoms with Crippen molar-refractivity contribution in [2.45, 2.75) is 39.4 Å². The maximum Gasteiger partial charge on any atom is 0.0948 e. The molecule has 0 aliphatic rings. The molecule has 0 radical (unpaired) electrons. The summed E-state index contributed by atoms with van der Waals surface area (Å²) >= 11 is 6.01. The van der Waals surface area contributed by atoms with Crippen LogP contribution in [0.2, 0.25) is 5.02 Å². The van der Waals surface area contributed by atoms with Crippen LogP contribution in [-0.4, -0.2) is 9.55 Å². The summed E-state index contributed by atoms with van der Waals surface area (Å²) in [6, 6.07) is 8.24. The normalized spacial score (nSPS) is 12.6. The maximum atomic E-state index is 6.01. The molecule has 1 aromatic heterocycles. The van der Waals surface area contributed by atoms with E-state index < -0.39 is 0 Å². The zero-order chi connectivity index (χ0) is 13.7. The number of halogens is 1. The Morgan fingerprint density at radius 1 is 1.42 bits per heavy atom. The van der Waals surface area contributed by atoms with Crippen LogP contribution in [0.3, 0.4) is 0 Å². The van der Waals surface area contributed by atoms with Crippen molar-refractivity contribution in [1.29, 1.82) is 0 Å². The monoisotopic (exact) mass is 277 g/mol. The Kier molecular flexibility index (Phi) is 5.00. The van der Waals surface area contributed by atoms with Crippen LogP contribution < -0.4 is 5.32 Å². The minimum absolute atomic E-state index is 0.267. The Bertz CT molecular complexity index is 522. The molecule has 19 heavy (non-hydrogen) atoms. The topological polar surface area (TPSA) is 29.9 Å². The number of rotatable bonds is 6. The number of hydrogen-bond donors (Lipinski definition) is 1. The summed E-state index contributed by atoms with van der Waals surface area (Å²) in [5.41, 5.74) is 2.42. The van der Waals surface area contributed by atoms with Crippen LogP contribution >= 0.6 is 11.6 Å². The summed E-state index contributed by atoms with van der Waals surface area (Å²) in [6.07, 6.45) is 4.94. The van der Waals surface area contributed by atoms with Gasteiger partial charge in [0.25, 0.3) is 0 Å². The predicted octanol–water partition coefficient (Wildman–Crippen LogP) is 3.80. The van der Waals surface area contributed by atoms with Gasteiger partial charge in [0.1, 0.15) is 0 Å². The highest BCUT2D eigenvalue weighted by Crippen LogP contribution is 2.17. The highest BCUT2D eigenvalue weighted by atomic mass is 35.5. The summed E-state index contributed by atoms with van der Waals surface area (Å²) in [7, 11) is 0. The molecule has 1 aromatic carbocycles. The van der Waals surface area contributed by atoms with E-state index in [1.165, 1.54) is 11.3 Å². The minimum atomic E-state index is 0.267. The Labute approximate surface area is 119 Å². The van der Waals surface area contributed by atoms with Gasteiger partial charge in [-0.25, -0.2) is 4.98 Å². The average Bonchev–Trinajstić information content (AvgIpc) is 2.84. The molecule has 0 saturated heterocycles. The first kappa shape index (κ1) is 14.1. The van der Waals surface area contributed by atoms with E-state index >= 15 is 0 Å². The zero-order valence-electron chi connectivity index (χ0n) is 11.4. The summed E-state index contributed by atoms with van der Waals surface area (Å²) < 4.78 is 2.19. The number of aromatic nitrogens is 2. The lowest BCUT2D eigenvalue weighted by atomic mass is 10.1. The fourth-order valence-electron chi connectivity index (χ4n) is 2.09. The molecule has 1 atom stereocenters. The van der Waals surface area contributed by atoms with Gasteiger partial charge < -0.3 is 9.88 Å². The molecule has 0 spiro atoms. The highest BCUT2D eigenvalue weighted by Gasteiger charge is 2.07. The van der Waals surface area contributed by atoms with Gasteiger partial charge in [0.15, 0.2) is 0 Å². The summed E-state index contributed by atoms with van der Waals surface area (Å²) in [5, 5.41) is 4.29. The van der Waals surface area contributed by atoms with Crippen LogP contribution in [-0.2, 0) is 13.1 Å². The molecule has 1 N–H and O–H groups in total. The van der Waals surface area contributed by atoms with Gasteiger partial charge in [-0.05, 0) is 31.0 Å². The average molecular weight is 278 g/mol. The Morgan fingerprint density at radius 2 is 2.26 bits per heavy atom. The molecule has 0 amide bonds. The first-order valence-corrected chi connectivity index (χ1v) is 7.06. The second-order valence-electron chi connectivity index (χ2n) is 4.74. The first-order chi connectivity index (χ1) is 9.20. The lowest BCUT2D eigenvalue weighted by molar-refractivity contribution is 0.541. The van der Waals surface area contributed by atoms with E-state index in [1.807, 2.05) is 30.7 Å². The second-order valence-corrected chi connectivity index (χ2v) is 5.17. The molecular formula is C15H20ClN3. The van der Waals surface area contributed by atoms with Crippen LogP contribution in [0.4, 0.5) is 0 Å². The molecule has 3 nitrogen and oxygen atoms in total. The number of aryl methyl sites for hydroxylation is 1. The van der Waals surface area contributed by atoms with Gasteiger partial charge in [-0.3, -0.25) is 0 Å². The smallest absolute Gasteiger partial charge is 0.0948 e. The van der Waals surface area contributed by atoms with E-state index in [0.29, 0.717) is 0 Å². The summed E-state index contributed by atoms with van der Waals surface area (Å²) in [6.45, 7) is 6.15. The van der Waals surface area contributed by atoms with Crippen LogP contribution in [0.5, 0.6) is 0 Å². The lowest BCUT2D eigenvalue weighted by Gasteiger charge is -2.15. The number of nitrogens with zero attached hydrogens (tertiary/aromatic N) is 2. The van der Waals surface area contributed by atoms with Gasteiger partial charge in [0.2, 0.25) is 0 Å². The van der Waals surface area contributed by atoms with Crippen molar-refractivity contribution in [1.82, 2.24) is 14.9 Å². The third-order valence-corrected chi connectivity index (χ3v) is 3.44. The van der Waals surface area contributed by atoms with Gasteiger partial charge in [-0.2, -0.15) is 0 Å². The Hall–Kier alpha value is -1.32. The lowest BCUT2D eigenvalue weighted by Crippen LogP contribution is -2.20. The Morgan fingerprint density at radius 3 is 3.00 bits per heavy atom. The van der Waals surface area contributed by atoms with E-state index in [0.717, 1.165) is 24.5 Å². The quantitative estimate of drug-likeness (QED) is 0.870. The van der Waals surface area contributed by atoms with Crippen molar-refractivity contribution in [3.05, 3.63) is 53.1 Å². The molecule has 1 heterocycles. The van der Waals surface area contributed by atoms with Crippen molar-refractivity contribution in [2.24, 2.45) is 0 Å². The largest absolute Gasteiger partial charge is 0.333 e. The molecule has 2 aromatic rings. The molecule has 102 valence electrons. The molecule has 0 aliphatic heterocycles. The third kappa shape index (κ3) is 3.82. The van der Waals surface area contributed by atoms with Crippen molar-refractivity contribution in [2.75, 3.05) is 0 Å².